The molecule has 2 atom stereocenters. The Labute approximate surface area is 324 Å². The van der Waals surface area contributed by atoms with E-state index in [0.29, 0.717) is 19.3 Å². The van der Waals surface area contributed by atoms with Gasteiger partial charge in [-0.1, -0.05) is 132 Å². The molecule has 0 amide bonds. The molecule has 0 heterocycles. The maximum Gasteiger partial charge on any atom is 0.362 e. The summed E-state index contributed by atoms with van der Waals surface area (Å²) in [5.74, 6) is -1.57. The number of carbonyl (C=O) groups excluding carboxylic acids is 2. The van der Waals surface area contributed by atoms with Crippen LogP contribution in [0, 0.1) is 0 Å². The van der Waals surface area contributed by atoms with E-state index >= 15 is 0 Å². The highest BCUT2D eigenvalue weighted by Gasteiger charge is 2.31. The molecule has 8 heteroatoms. The van der Waals surface area contributed by atoms with Gasteiger partial charge in [-0.3, -0.25) is 9.59 Å². The normalized spacial score (nSPS) is 13.6. The zero-order chi connectivity index (χ0) is 39.3. The monoisotopic (exact) mass is 745 g/mol. The topological polar surface area (TPSA) is 99.1 Å². The number of hydrogen-bond acceptors (Lipinski definition) is 6. The van der Waals surface area contributed by atoms with Crippen LogP contribution in [0.3, 0.4) is 0 Å². The van der Waals surface area contributed by atoms with Gasteiger partial charge in [0.25, 0.3) is 0 Å². The molecule has 0 aromatic rings. The van der Waals surface area contributed by atoms with Crippen molar-refractivity contribution in [1.29, 1.82) is 0 Å². The summed E-state index contributed by atoms with van der Waals surface area (Å²) in [6.07, 6.45) is 42.8. The molecule has 0 aliphatic carbocycles. The molecular formula is C45H78NO7+. The van der Waals surface area contributed by atoms with Crippen LogP contribution in [0.1, 0.15) is 155 Å². The van der Waals surface area contributed by atoms with E-state index in [-0.39, 0.29) is 42.7 Å². The molecule has 0 bridgehead atoms. The Kier molecular flexibility index (Phi) is 34.0. The molecule has 0 aromatic heterocycles. The van der Waals surface area contributed by atoms with Crippen LogP contribution in [-0.4, -0.2) is 80.6 Å². The van der Waals surface area contributed by atoms with Crippen molar-refractivity contribution in [2.75, 3.05) is 41.0 Å². The van der Waals surface area contributed by atoms with Crippen LogP contribution < -0.4 is 0 Å². The lowest BCUT2D eigenvalue weighted by atomic mass is 10.1. The Morgan fingerprint density at radius 3 is 1.72 bits per heavy atom. The summed E-state index contributed by atoms with van der Waals surface area (Å²) in [7, 11) is 5.49. The molecule has 0 aliphatic rings. The molecule has 0 saturated carbocycles. The van der Waals surface area contributed by atoms with Gasteiger partial charge in [0, 0.05) is 19.3 Å². The average Bonchev–Trinajstić information content (AvgIpc) is 3.11. The number of unbranched alkanes of at least 4 members (excludes halogenated alkanes) is 13. The average molecular weight is 745 g/mol. The van der Waals surface area contributed by atoms with E-state index in [9.17, 15) is 19.5 Å². The first-order valence-corrected chi connectivity index (χ1v) is 20.8. The summed E-state index contributed by atoms with van der Waals surface area (Å²) in [4.78, 5) is 36.8. The first-order chi connectivity index (χ1) is 25.6. The molecule has 0 radical (unpaired) electrons. The Balaban J connectivity index is 4.42. The molecule has 0 rings (SSSR count). The van der Waals surface area contributed by atoms with Crippen LogP contribution >= 0.6 is 0 Å². The maximum atomic E-state index is 12.6. The van der Waals surface area contributed by atoms with Crippen molar-refractivity contribution in [1.82, 2.24) is 0 Å². The van der Waals surface area contributed by atoms with E-state index in [1.54, 1.807) is 0 Å². The first kappa shape index (κ1) is 50.0. The summed E-state index contributed by atoms with van der Waals surface area (Å²) in [6, 6.07) is -0.627. The summed E-state index contributed by atoms with van der Waals surface area (Å²) < 4.78 is 17.1. The minimum atomic E-state index is -0.888. The van der Waals surface area contributed by atoms with Crippen molar-refractivity contribution in [2.45, 2.75) is 167 Å². The predicted octanol–water partition coefficient (Wildman–Crippen LogP) is 11.0. The van der Waals surface area contributed by atoms with E-state index < -0.39 is 18.1 Å². The molecular weight excluding hydrogens is 666 g/mol. The molecule has 304 valence electrons. The number of carbonyl (C=O) groups is 3. The maximum absolute atomic E-state index is 12.6. The molecule has 0 spiro atoms. The van der Waals surface area contributed by atoms with Gasteiger partial charge in [0.1, 0.15) is 6.61 Å². The van der Waals surface area contributed by atoms with Gasteiger partial charge in [-0.2, -0.15) is 0 Å². The molecule has 1 N–H and O–H groups in total. The molecule has 2 unspecified atom stereocenters. The molecule has 53 heavy (non-hydrogen) atoms. The number of esters is 2. The second-order valence-corrected chi connectivity index (χ2v) is 14.9. The van der Waals surface area contributed by atoms with E-state index in [1.165, 1.54) is 51.4 Å². The lowest BCUT2D eigenvalue weighted by Gasteiger charge is -2.31. The fourth-order valence-electron chi connectivity index (χ4n) is 5.69. The van der Waals surface area contributed by atoms with Crippen molar-refractivity contribution >= 4 is 17.9 Å². The Bertz CT molecular complexity index is 1050. The zero-order valence-corrected chi connectivity index (χ0v) is 34.4. The van der Waals surface area contributed by atoms with Crippen LogP contribution in [0.5, 0.6) is 0 Å². The first-order valence-electron chi connectivity index (χ1n) is 20.8. The predicted molar refractivity (Wildman–Crippen MR) is 220 cm³/mol. The SMILES string of the molecule is CC/C=C/C/C=C/C/C=C/CCCC(=O)OC(COCCC(C(=O)O)[N+](C)(C)C)COC(=O)CCCCCCC/C=C/C=C/CCCCCCCCC. The third kappa shape index (κ3) is 34.5. The van der Waals surface area contributed by atoms with Crippen molar-refractivity contribution < 1.29 is 38.2 Å². The Hall–Kier alpha value is -2.97. The molecule has 0 fully saturated rings. The van der Waals surface area contributed by atoms with Gasteiger partial charge in [-0.05, 0) is 64.2 Å². The van der Waals surface area contributed by atoms with Crippen molar-refractivity contribution in [3.63, 3.8) is 0 Å². The van der Waals surface area contributed by atoms with Gasteiger partial charge in [0.05, 0.1) is 34.4 Å². The molecule has 8 nitrogen and oxygen atoms in total. The van der Waals surface area contributed by atoms with Gasteiger partial charge >= 0.3 is 17.9 Å². The largest absolute Gasteiger partial charge is 0.477 e. The van der Waals surface area contributed by atoms with Crippen LogP contribution in [-0.2, 0) is 28.6 Å². The van der Waals surface area contributed by atoms with Gasteiger partial charge in [0.15, 0.2) is 12.1 Å². The minimum absolute atomic E-state index is 0.0333. The number of ether oxygens (including phenoxy) is 3. The summed E-state index contributed by atoms with van der Waals surface area (Å²) in [6.45, 7) is 4.52. The summed E-state index contributed by atoms with van der Waals surface area (Å²) >= 11 is 0. The zero-order valence-electron chi connectivity index (χ0n) is 34.4. The highest BCUT2D eigenvalue weighted by atomic mass is 16.6. The molecule has 0 aromatic carbocycles. The van der Waals surface area contributed by atoms with Crippen molar-refractivity contribution in [3.8, 4) is 0 Å². The van der Waals surface area contributed by atoms with Crippen LogP contribution in [0.4, 0.5) is 0 Å². The fraction of sp³-hybridized carbons (Fsp3) is 0.711. The van der Waals surface area contributed by atoms with E-state index in [4.69, 9.17) is 14.2 Å². The van der Waals surface area contributed by atoms with Gasteiger partial charge in [0.2, 0.25) is 0 Å². The van der Waals surface area contributed by atoms with Crippen LogP contribution in [0.15, 0.2) is 60.8 Å². The second kappa shape index (κ2) is 36.0. The highest BCUT2D eigenvalue weighted by molar-refractivity contribution is 5.72. The van der Waals surface area contributed by atoms with E-state index in [0.717, 1.165) is 64.2 Å². The number of likely N-dealkylation sites (N-methyl/N-ethyl adjacent to an activating group) is 1. The van der Waals surface area contributed by atoms with Crippen molar-refractivity contribution in [2.24, 2.45) is 0 Å². The molecule has 0 saturated heterocycles. The lowest BCUT2D eigenvalue weighted by Crippen LogP contribution is -2.50. The Morgan fingerprint density at radius 2 is 1.13 bits per heavy atom. The number of rotatable bonds is 36. The van der Waals surface area contributed by atoms with E-state index in [1.807, 2.05) is 21.1 Å². The molecule has 0 aliphatic heterocycles. The second-order valence-electron chi connectivity index (χ2n) is 14.9. The highest BCUT2D eigenvalue weighted by Crippen LogP contribution is 2.12. The quantitative estimate of drug-likeness (QED) is 0.0224. The number of aliphatic carboxylic acids is 1. The number of nitrogens with zero attached hydrogens (tertiary/aromatic N) is 1. The standard InChI is InChI=1S/C45H77NO7/c1-6-8-10-12-14-16-18-19-20-21-22-23-24-26-27-29-31-33-35-43(47)52-40-41(39-51-38-37-42(45(49)50)46(3,4)5)53-44(48)36-34-32-30-28-25-17-15-13-11-9-7-2/h9,11,15,17,20-23,28,30,41-42H,6-8,10,12-14,16,18-19,24-27,29,31-40H2,1-5H3/p+1/b11-9+,17-15+,21-20+,23-22+,30-28+. The minimum Gasteiger partial charge on any atom is -0.477 e. The number of carboxylic acid groups (broad SMARTS) is 1. The summed E-state index contributed by atoms with van der Waals surface area (Å²) in [5.41, 5.74) is 0. The van der Waals surface area contributed by atoms with Crippen LogP contribution in [0.2, 0.25) is 0 Å². The number of quaternary nitrogens is 1. The third-order valence-corrected chi connectivity index (χ3v) is 8.93. The number of hydrogen-bond donors (Lipinski definition) is 1. The van der Waals surface area contributed by atoms with Gasteiger partial charge < -0.3 is 23.8 Å². The number of allylic oxidation sites excluding steroid dienone is 10. The fourth-order valence-corrected chi connectivity index (χ4v) is 5.69. The number of carboxylic acids is 1. The smallest absolute Gasteiger partial charge is 0.362 e. The summed E-state index contributed by atoms with van der Waals surface area (Å²) in [5, 5.41) is 9.59. The van der Waals surface area contributed by atoms with Crippen molar-refractivity contribution in [3.05, 3.63) is 60.8 Å². The third-order valence-electron chi connectivity index (χ3n) is 8.93. The van der Waals surface area contributed by atoms with Gasteiger partial charge in [-0.25, -0.2) is 4.79 Å². The lowest BCUT2D eigenvalue weighted by molar-refractivity contribution is -0.887. The van der Waals surface area contributed by atoms with Gasteiger partial charge in [-0.15, -0.1) is 0 Å². The van der Waals surface area contributed by atoms with Crippen LogP contribution in [0.25, 0.3) is 0 Å². The van der Waals surface area contributed by atoms with E-state index in [2.05, 4.69) is 74.6 Å². The Morgan fingerprint density at radius 1 is 0.604 bits per heavy atom.